The van der Waals surface area contributed by atoms with Gasteiger partial charge in [-0.1, -0.05) is 26.7 Å². The van der Waals surface area contributed by atoms with Crippen LogP contribution in [0.1, 0.15) is 52.9 Å². The third kappa shape index (κ3) is 5.86. The summed E-state index contributed by atoms with van der Waals surface area (Å²) in [5, 5.41) is 3.65. The number of hydrogen-bond donors (Lipinski definition) is 1. The van der Waals surface area contributed by atoms with E-state index in [0.717, 1.165) is 5.92 Å². The van der Waals surface area contributed by atoms with Crippen LogP contribution < -0.4 is 5.32 Å². The van der Waals surface area contributed by atoms with Gasteiger partial charge in [0.25, 0.3) is 0 Å². The van der Waals surface area contributed by atoms with E-state index in [1.165, 1.54) is 58.3 Å². The molecule has 0 amide bonds. The fourth-order valence-electron chi connectivity index (χ4n) is 2.58. The summed E-state index contributed by atoms with van der Waals surface area (Å²) < 4.78 is 0. The van der Waals surface area contributed by atoms with E-state index in [1.807, 2.05) is 0 Å². The maximum atomic E-state index is 3.65. The number of rotatable bonds is 7. The highest BCUT2D eigenvalue weighted by atomic mass is 15.1. The summed E-state index contributed by atoms with van der Waals surface area (Å²) in [6, 6.07) is 0.689. The SMILES string of the molecule is CCCC(C)NCC(C)CN1CCCCC1. The lowest BCUT2D eigenvalue weighted by molar-refractivity contribution is 0.197. The summed E-state index contributed by atoms with van der Waals surface area (Å²) in [5.41, 5.74) is 0. The molecule has 1 N–H and O–H groups in total. The summed E-state index contributed by atoms with van der Waals surface area (Å²) in [6.45, 7) is 12.1. The van der Waals surface area contributed by atoms with E-state index in [2.05, 4.69) is 31.0 Å². The Bertz CT molecular complexity index is 164. The molecule has 0 bridgehead atoms. The van der Waals surface area contributed by atoms with Crippen molar-refractivity contribution in [3.8, 4) is 0 Å². The van der Waals surface area contributed by atoms with Gasteiger partial charge in [-0.3, -0.25) is 0 Å². The quantitative estimate of drug-likeness (QED) is 0.718. The van der Waals surface area contributed by atoms with Crippen molar-refractivity contribution in [1.29, 1.82) is 0 Å². The van der Waals surface area contributed by atoms with Crippen molar-refractivity contribution >= 4 is 0 Å². The molecule has 0 aromatic carbocycles. The number of nitrogens with zero attached hydrogens (tertiary/aromatic N) is 1. The van der Waals surface area contributed by atoms with Gasteiger partial charge in [-0.05, 0) is 51.7 Å². The lowest BCUT2D eigenvalue weighted by Gasteiger charge is -2.29. The number of hydrogen-bond acceptors (Lipinski definition) is 2. The van der Waals surface area contributed by atoms with Gasteiger partial charge in [0.2, 0.25) is 0 Å². The standard InChI is InChI=1S/C14H30N2/c1-4-8-14(3)15-11-13(2)12-16-9-6-5-7-10-16/h13-15H,4-12H2,1-3H3. The molecule has 0 radical (unpaired) electrons. The molecule has 2 nitrogen and oxygen atoms in total. The third-order valence-corrected chi connectivity index (χ3v) is 3.56. The van der Waals surface area contributed by atoms with Crippen LogP contribution in [0.4, 0.5) is 0 Å². The summed E-state index contributed by atoms with van der Waals surface area (Å²) >= 11 is 0. The Labute approximate surface area is 102 Å². The maximum absolute atomic E-state index is 3.65. The van der Waals surface area contributed by atoms with Crippen molar-refractivity contribution in [2.75, 3.05) is 26.2 Å². The fourth-order valence-corrected chi connectivity index (χ4v) is 2.58. The second-order valence-electron chi connectivity index (χ2n) is 5.56. The summed E-state index contributed by atoms with van der Waals surface area (Å²) in [6.07, 6.45) is 6.85. The van der Waals surface area contributed by atoms with Gasteiger partial charge in [-0.2, -0.15) is 0 Å². The van der Waals surface area contributed by atoms with Crippen molar-refractivity contribution in [2.24, 2.45) is 5.92 Å². The molecule has 1 aliphatic rings. The molecular weight excluding hydrogens is 196 g/mol. The molecule has 96 valence electrons. The lowest BCUT2D eigenvalue weighted by Crippen LogP contribution is -2.38. The monoisotopic (exact) mass is 226 g/mol. The molecule has 16 heavy (non-hydrogen) atoms. The fraction of sp³-hybridized carbons (Fsp3) is 1.00. The van der Waals surface area contributed by atoms with E-state index in [1.54, 1.807) is 0 Å². The highest BCUT2D eigenvalue weighted by Gasteiger charge is 2.13. The van der Waals surface area contributed by atoms with Crippen LogP contribution in [0, 0.1) is 5.92 Å². The smallest absolute Gasteiger partial charge is 0.00387 e. The molecule has 2 heteroatoms. The van der Waals surface area contributed by atoms with Crippen LogP contribution in [0.25, 0.3) is 0 Å². The van der Waals surface area contributed by atoms with Gasteiger partial charge in [0.15, 0.2) is 0 Å². The normalized spacial score (nSPS) is 21.9. The number of piperidine rings is 1. The molecular formula is C14H30N2. The maximum Gasteiger partial charge on any atom is 0.00387 e. The average molecular weight is 226 g/mol. The second-order valence-corrected chi connectivity index (χ2v) is 5.56. The molecule has 1 saturated heterocycles. The van der Waals surface area contributed by atoms with Gasteiger partial charge in [0, 0.05) is 12.6 Å². The molecule has 1 fully saturated rings. The number of likely N-dealkylation sites (tertiary alicyclic amines) is 1. The zero-order chi connectivity index (χ0) is 11.8. The van der Waals surface area contributed by atoms with E-state index in [9.17, 15) is 0 Å². The molecule has 2 unspecified atom stereocenters. The minimum Gasteiger partial charge on any atom is -0.314 e. The van der Waals surface area contributed by atoms with Gasteiger partial charge >= 0.3 is 0 Å². The molecule has 0 aromatic heterocycles. The van der Waals surface area contributed by atoms with Crippen LogP contribution in [0.5, 0.6) is 0 Å². The van der Waals surface area contributed by atoms with E-state index in [0.29, 0.717) is 6.04 Å². The first-order valence-corrected chi connectivity index (χ1v) is 7.18. The third-order valence-electron chi connectivity index (χ3n) is 3.56. The zero-order valence-corrected chi connectivity index (χ0v) is 11.5. The highest BCUT2D eigenvalue weighted by molar-refractivity contribution is 4.70. The van der Waals surface area contributed by atoms with E-state index in [4.69, 9.17) is 0 Å². The Kier molecular flexibility index (Phi) is 7.06. The van der Waals surface area contributed by atoms with Crippen molar-refractivity contribution in [1.82, 2.24) is 10.2 Å². The Balaban J connectivity index is 2.07. The predicted molar refractivity (Wildman–Crippen MR) is 71.8 cm³/mol. The Hall–Kier alpha value is -0.0800. The largest absolute Gasteiger partial charge is 0.314 e. The minimum absolute atomic E-state index is 0.689. The first-order chi connectivity index (χ1) is 7.72. The minimum atomic E-state index is 0.689. The second kappa shape index (κ2) is 8.08. The van der Waals surface area contributed by atoms with Gasteiger partial charge in [0.1, 0.15) is 0 Å². The molecule has 0 aliphatic carbocycles. The van der Waals surface area contributed by atoms with Gasteiger partial charge in [-0.25, -0.2) is 0 Å². The average Bonchev–Trinajstić information content (AvgIpc) is 2.28. The molecule has 2 atom stereocenters. The predicted octanol–water partition coefficient (Wildman–Crippen LogP) is 2.89. The summed E-state index contributed by atoms with van der Waals surface area (Å²) in [5.74, 6) is 0.789. The molecule has 1 heterocycles. The Morgan fingerprint density at radius 2 is 1.81 bits per heavy atom. The number of nitrogens with one attached hydrogen (secondary N) is 1. The Morgan fingerprint density at radius 1 is 1.12 bits per heavy atom. The van der Waals surface area contributed by atoms with E-state index in [-0.39, 0.29) is 0 Å². The molecule has 0 aromatic rings. The van der Waals surface area contributed by atoms with Crippen molar-refractivity contribution in [2.45, 2.75) is 58.9 Å². The first-order valence-electron chi connectivity index (χ1n) is 7.18. The lowest BCUT2D eigenvalue weighted by atomic mass is 10.1. The molecule has 1 rings (SSSR count). The van der Waals surface area contributed by atoms with Crippen LogP contribution in [-0.4, -0.2) is 37.1 Å². The van der Waals surface area contributed by atoms with Gasteiger partial charge < -0.3 is 10.2 Å². The first kappa shape index (κ1) is 14.0. The van der Waals surface area contributed by atoms with E-state index < -0.39 is 0 Å². The van der Waals surface area contributed by atoms with Crippen molar-refractivity contribution < 1.29 is 0 Å². The van der Waals surface area contributed by atoms with Gasteiger partial charge in [-0.15, -0.1) is 0 Å². The van der Waals surface area contributed by atoms with Gasteiger partial charge in [0.05, 0.1) is 0 Å². The van der Waals surface area contributed by atoms with Crippen LogP contribution in [0.2, 0.25) is 0 Å². The molecule has 0 spiro atoms. The molecule has 0 saturated carbocycles. The summed E-state index contributed by atoms with van der Waals surface area (Å²) in [4.78, 5) is 2.64. The summed E-state index contributed by atoms with van der Waals surface area (Å²) in [7, 11) is 0. The van der Waals surface area contributed by atoms with Crippen molar-refractivity contribution in [3.05, 3.63) is 0 Å². The van der Waals surface area contributed by atoms with Crippen LogP contribution in [-0.2, 0) is 0 Å². The van der Waals surface area contributed by atoms with E-state index >= 15 is 0 Å². The topological polar surface area (TPSA) is 15.3 Å². The van der Waals surface area contributed by atoms with Crippen LogP contribution in [0.3, 0.4) is 0 Å². The Morgan fingerprint density at radius 3 is 2.44 bits per heavy atom. The van der Waals surface area contributed by atoms with Crippen molar-refractivity contribution in [3.63, 3.8) is 0 Å². The van der Waals surface area contributed by atoms with Crippen LogP contribution >= 0.6 is 0 Å². The molecule has 1 aliphatic heterocycles. The zero-order valence-electron chi connectivity index (χ0n) is 11.5. The highest BCUT2D eigenvalue weighted by Crippen LogP contribution is 2.10. The van der Waals surface area contributed by atoms with Crippen LogP contribution in [0.15, 0.2) is 0 Å².